The third kappa shape index (κ3) is 2.90. The van der Waals surface area contributed by atoms with Gasteiger partial charge in [0, 0.05) is 19.8 Å². The van der Waals surface area contributed by atoms with Gasteiger partial charge in [0.25, 0.3) is 0 Å². The Morgan fingerprint density at radius 2 is 1.86 bits per heavy atom. The van der Waals surface area contributed by atoms with Gasteiger partial charge in [0.1, 0.15) is 0 Å². The molecule has 0 saturated carbocycles. The van der Waals surface area contributed by atoms with Gasteiger partial charge in [-0.25, -0.2) is 0 Å². The number of azo groups is 1. The number of hydrogen-bond donors (Lipinski definition) is 0. The lowest BCUT2D eigenvalue weighted by Gasteiger charge is -2.11. The molecule has 1 aromatic rings. The third-order valence-corrected chi connectivity index (χ3v) is 1.65. The van der Waals surface area contributed by atoms with Crippen molar-refractivity contribution in [1.82, 2.24) is 5.73 Å². The van der Waals surface area contributed by atoms with Gasteiger partial charge in [-0.3, -0.25) is 5.73 Å². The molecule has 0 aliphatic carbocycles. The number of nitrogens with one attached hydrogen (secondary N) is 1. The molecule has 0 heterocycles. The minimum Gasteiger partial charge on any atom is -0.378 e. The summed E-state index contributed by atoms with van der Waals surface area (Å²) >= 11 is 0. The lowest BCUT2D eigenvalue weighted by molar-refractivity contribution is 1.08. The van der Waals surface area contributed by atoms with Crippen molar-refractivity contribution in [3.63, 3.8) is 0 Å². The Morgan fingerprint density at radius 3 is 2.29 bits per heavy atom. The second-order valence-corrected chi connectivity index (χ2v) is 3.06. The minimum absolute atomic E-state index is 0.0401. The van der Waals surface area contributed by atoms with Gasteiger partial charge in [0.15, 0.2) is 5.82 Å². The average molecular weight is 189 g/mol. The minimum atomic E-state index is -0.0401. The van der Waals surface area contributed by atoms with E-state index in [-0.39, 0.29) is 5.82 Å². The first-order chi connectivity index (χ1) is 6.59. The number of anilines is 1. The molecule has 1 radical (unpaired) electrons. The van der Waals surface area contributed by atoms with E-state index < -0.39 is 0 Å². The van der Waals surface area contributed by atoms with Crippen LogP contribution >= 0.6 is 0 Å². The van der Waals surface area contributed by atoms with Crippen molar-refractivity contribution < 1.29 is 0 Å². The maximum absolute atomic E-state index is 6.97. The van der Waals surface area contributed by atoms with Gasteiger partial charge in [-0.1, -0.05) is 6.58 Å². The zero-order chi connectivity index (χ0) is 10.6. The lowest BCUT2D eigenvalue weighted by atomic mass is 10.3. The first-order valence-corrected chi connectivity index (χ1v) is 4.19. The standard InChI is InChI=1S/C10H13N4/c1-8(11)12-13-9-4-6-10(7-5-9)14(2)3/h4-7,11H,1H2,2-3H3. The number of nitrogens with zero attached hydrogens (tertiary/aromatic N) is 3. The van der Waals surface area contributed by atoms with Crippen LogP contribution in [-0.2, 0) is 0 Å². The molecule has 0 aliphatic rings. The summed E-state index contributed by atoms with van der Waals surface area (Å²) in [5.41, 5.74) is 8.81. The molecule has 0 unspecified atom stereocenters. The van der Waals surface area contributed by atoms with E-state index in [0.717, 1.165) is 11.4 Å². The molecule has 1 rings (SSSR count). The summed E-state index contributed by atoms with van der Waals surface area (Å²) in [7, 11) is 3.95. The molecular weight excluding hydrogens is 176 g/mol. The van der Waals surface area contributed by atoms with Crippen LogP contribution in [0.3, 0.4) is 0 Å². The first kappa shape index (κ1) is 10.2. The van der Waals surface area contributed by atoms with Crippen LogP contribution in [0.1, 0.15) is 0 Å². The lowest BCUT2D eigenvalue weighted by Crippen LogP contribution is -2.07. The van der Waals surface area contributed by atoms with E-state index in [4.69, 9.17) is 5.73 Å². The normalized spacial score (nSPS) is 10.4. The summed E-state index contributed by atoms with van der Waals surface area (Å²) in [6.07, 6.45) is 0. The summed E-state index contributed by atoms with van der Waals surface area (Å²) in [4.78, 5) is 2.00. The van der Waals surface area contributed by atoms with Gasteiger partial charge in [-0.05, 0) is 24.3 Å². The van der Waals surface area contributed by atoms with Crippen LogP contribution in [-0.4, -0.2) is 14.1 Å². The molecular formula is C10H13N4. The van der Waals surface area contributed by atoms with Crippen molar-refractivity contribution in [2.75, 3.05) is 19.0 Å². The highest BCUT2D eigenvalue weighted by molar-refractivity contribution is 5.51. The molecule has 1 N–H and O–H groups in total. The van der Waals surface area contributed by atoms with Crippen LogP contribution in [0.4, 0.5) is 11.4 Å². The number of benzene rings is 1. The number of rotatable bonds is 3. The zero-order valence-electron chi connectivity index (χ0n) is 8.36. The third-order valence-electron chi connectivity index (χ3n) is 1.65. The summed E-state index contributed by atoms with van der Waals surface area (Å²) in [5.74, 6) is -0.0401. The average Bonchev–Trinajstić information content (AvgIpc) is 2.15. The topological polar surface area (TPSA) is 51.8 Å². The molecule has 1 aromatic carbocycles. The van der Waals surface area contributed by atoms with Gasteiger partial charge in [0.2, 0.25) is 0 Å². The van der Waals surface area contributed by atoms with Gasteiger partial charge >= 0.3 is 0 Å². The summed E-state index contributed by atoms with van der Waals surface area (Å²) in [5, 5.41) is 7.38. The maximum atomic E-state index is 6.97. The van der Waals surface area contributed by atoms with Gasteiger partial charge in [-0.15, -0.1) is 10.2 Å². The fourth-order valence-corrected chi connectivity index (χ4v) is 0.936. The first-order valence-electron chi connectivity index (χ1n) is 4.19. The van der Waals surface area contributed by atoms with Crippen molar-refractivity contribution in [3.05, 3.63) is 36.7 Å². The van der Waals surface area contributed by atoms with Crippen LogP contribution in [0, 0.1) is 0 Å². The van der Waals surface area contributed by atoms with Gasteiger partial charge in [0.05, 0.1) is 5.69 Å². The Morgan fingerprint density at radius 1 is 1.29 bits per heavy atom. The van der Waals surface area contributed by atoms with Crippen molar-refractivity contribution in [3.8, 4) is 0 Å². The van der Waals surface area contributed by atoms with E-state index in [2.05, 4.69) is 16.8 Å². The SMILES string of the molecule is C=C([NH])N=Nc1ccc(N(C)C)cc1. The van der Waals surface area contributed by atoms with E-state index >= 15 is 0 Å². The molecule has 73 valence electrons. The quantitative estimate of drug-likeness (QED) is 0.674. The van der Waals surface area contributed by atoms with Crippen LogP contribution in [0.15, 0.2) is 46.9 Å². The van der Waals surface area contributed by atoms with Crippen molar-refractivity contribution >= 4 is 11.4 Å². The molecule has 0 amide bonds. The Labute approximate surface area is 83.7 Å². The van der Waals surface area contributed by atoms with E-state index in [1.54, 1.807) is 0 Å². The van der Waals surface area contributed by atoms with Crippen LogP contribution in [0.2, 0.25) is 0 Å². The predicted molar refractivity (Wildman–Crippen MR) is 57.5 cm³/mol. The van der Waals surface area contributed by atoms with E-state index in [0.29, 0.717) is 0 Å². The Balaban J connectivity index is 2.78. The highest BCUT2D eigenvalue weighted by Gasteiger charge is 1.94. The highest BCUT2D eigenvalue weighted by Crippen LogP contribution is 2.18. The summed E-state index contributed by atoms with van der Waals surface area (Å²) in [6, 6.07) is 7.59. The molecule has 0 bridgehead atoms. The highest BCUT2D eigenvalue weighted by atomic mass is 15.1. The monoisotopic (exact) mass is 189 g/mol. The van der Waals surface area contributed by atoms with E-state index in [9.17, 15) is 0 Å². The predicted octanol–water partition coefficient (Wildman–Crippen LogP) is 2.59. The molecule has 0 fully saturated rings. The van der Waals surface area contributed by atoms with Gasteiger partial charge < -0.3 is 4.90 Å². The summed E-state index contributed by atoms with van der Waals surface area (Å²) in [6.45, 7) is 3.31. The van der Waals surface area contributed by atoms with Crippen molar-refractivity contribution in [2.45, 2.75) is 0 Å². The molecule has 0 atom stereocenters. The van der Waals surface area contributed by atoms with Crippen molar-refractivity contribution in [1.29, 1.82) is 0 Å². The fourth-order valence-electron chi connectivity index (χ4n) is 0.936. The maximum Gasteiger partial charge on any atom is 0.159 e. The molecule has 4 heteroatoms. The largest absolute Gasteiger partial charge is 0.378 e. The second-order valence-electron chi connectivity index (χ2n) is 3.06. The zero-order valence-corrected chi connectivity index (χ0v) is 8.36. The fraction of sp³-hybridized carbons (Fsp3) is 0.200. The molecule has 14 heavy (non-hydrogen) atoms. The van der Waals surface area contributed by atoms with Crippen LogP contribution < -0.4 is 10.6 Å². The second kappa shape index (κ2) is 4.41. The van der Waals surface area contributed by atoms with Crippen LogP contribution in [0.25, 0.3) is 0 Å². The van der Waals surface area contributed by atoms with E-state index in [1.807, 2.05) is 43.3 Å². The Kier molecular flexibility index (Phi) is 3.23. The molecule has 0 spiro atoms. The Bertz CT molecular complexity index is 338. The van der Waals surface area contributed by atoms with Gasteiger partial charge in [-0.2, -0.15) is 0 Å². The molecule has 0 aliphatic heterocycles. The Hall–Kier alpha value is -1.84. The van der Waals surface area contributed by atoms with E-state index in [1.165, 1.54) is 0 Å². The molecule has 0 saturated heterocycles. The molecule has 4 nitrogen and oxygen atoms in total. The number of hydrogen-bond acceptors (Lipinski definition) is 3. The van der Waals surface area contributed by atoms with Crippen LogP contribution in [0.5, 0.6) is 0 Å². The smallest absolute Gasteiger partial charge is 0.159 e. The van der Waals surface area contributed by atoms with Crippen molar-refractivity contribution in [2.24, 2.45) is 10.2 Å². The summed E-state index contributed by atoms with van der Waals surface area (Å²) < 4.78 is 0. The molecule has 0 aromatic heterocycles.